The smallest absolute Gasteiger partial charge is 0.354 e. The molecular formula is C35H34Cl2F3N3O4S. The van der Waals surface area contributed by atoms with Crippen LogP contribution in [0.2, 0.25) is 10.0 Å². The third-order valence-corrected chi connectivity index (χ3v) is 10.0. The maximum absolute atomic E-state index is 14.5. The van der Waals surface area contributed by atoms with Crippen molar-refractivity contribution in [2.75, 3.05) is 17.4 Å². The van der Waals surface area contributed by atoms with Crippen LogP contribution in [0.25, 0.3) is 0 Å². The van der Waals surface area contributed by atoms with Crippen molar-refractivity contribution in [3.05, 3.63) is 129 Å². The van der Waals surface area contributed by atoms with Crippen LogP contribution in [0.15, 0.2) is 102 Å². The molecule has 254 valence electrons. The molecule has 0 saturated carbocycles. The Morgan fingerprint density at radius 3 is 2.17 bits per heavy atom. The number of benzene rings is 4. The third-order valence-electron chi connectivity index (χ3n) is 7.51. The number of nitrogens with one attached hydrogen (secondary N) is 1. The fourth-order valence-electron chi connectivity index (χ4n) is 4.96. The molecule has 0 heterocycles. The predicted molar refractivity (Wildman–Crippen MR) is 181 cm³/mol. The molecule has 0 saturated heterocycles. The Hall–Kier alpha value is -4.06. The van der Waals surface area contributed by atoms with Crippen LogP contribution >= 0.6 is 23.2 Å². The fraction of sp³-hybridized carbons (Fsp3) is 0.257. The van der Waals surface area contributed by atoms with Gasteiger partial charge in [-0.2, -0.15) is 13.2 Å². The maximum atomic E-state index is 14.5. The van der Waals surface area contributed by atoms with E-state index in [1.54, 1.807) is 55.5 Å². The van der Waals surface area contributed by atoms with E-state index in [1.807, 2.05) is 6.92 Å². The average molecular weight is 721 g/mol. The van der Waals surface area contributed by atoms with Crippen LogP contribution in [0, 0.1) is 6.92 Å². The van der Waals surface area contributed by atoms with E-state index in [4.69, 9.17) is 23.2 Å². The summed E-state index contributed by atoms with van der Waals surface area (Å²) < 4.78 is 70.2. The molecule has 0 spiro atoms. The van der Waals surface area contributed by atoms with Gasteiger partial charge in [-0.05, 0) is 66.9 Å². The molecule has 0 fully saturated rings. The van der Waals surface area contributed by atoms with E-state index in [0.29, 0.717) is 28.9 Å². The molecule has 1 unspecified atom stereocenters. The lowest BCUT2D eigenvalue weighted by Gasteiger charge is -2.34. The molecule has 4 aromatic carbocycles. The number of sulfonamides is 1. The van der Waals surface area contributed by atoms with Crippen molar-refractivity contribution in [1.29, 1.82) is 0 Å². The molecule has 0 aliphatic rings. The van der Waals surface area contributed by atoms with Gasteiger partial charge in [-0.1, -0.05) is 90.3 Å². The highest BCUT2D eigenvalue weighted by Crippen LogP contribution is 2.34. The summed E-state index contributed by atoms with van der Waals surface area (Å²) in [6.45, 7) is 2.84. The van der Waals surface area contributed by atoms with Crippen molar-refractivity contribution in [1.82, 2.24) is 10.2 Å². The van der Waals surface area contributed by atoms with E-state index < -0.39 is 46.2 Å². The number of hydrogen-bond donors (Lipinski definition) is 1. The number of halogens is 5. The van der Waals surface area contributed by atoms with E-state index in [0.717, 1.165) is 23.3 Å². The number of anilines is 1. The molecule has 2 amide bonds. The normalized spacial score (nSPS) is 12.3. The average Bonchev–Trinajstić information content (AvgIpc) is 3.05. The van der Waals surface area contributed by atoms with Gasteiger partial charge >= 0.3 is 6.18 Å². The molecule has 4 rings (SSSR count). The highest BCUT2D eigenvalue weighted by Gasteiger charge is 2.36. The van der Waals surface area contributed by atoms with Crippen LogP contribution in [0.1, 0.15) is 35.6 Å². The van der Waals surface area contributed by atoms with Crippen LogP contribution in [0.4, 0.5) is 18.9 Å². The minimum Gasteiger partial charge on any atom is -0.354 e. The Kier molecular flexibility index (Phi) is 12.2. The molecule has 0 bridgehead atoms. The van der Waals surface area contributed by atoms with Crippen molar-refractivity contribution < 1.29 is 31.2 Å². The minimum absolute atomic E-state index is 0.0672. The van der Waals surface area contributed by atoms with Gasteiger partial charge in [0.15, 0.2) is 0 Å². The zero-order chi connectivity index (χ0) is 35.1. The van der Waals surface area contributed by atoms with Gasteiger partial charge in [0.25, 0.3) is 10.0 Å². The fourth-order valence-corrected chi connectivity index (χ4v) is 6.68. The van der Waals surface area contributed by atoms with Gasteiger partial charge in [0.05, 0.1) is 26.2 Å². The lowest BCUT2D eigenvalue weighted by atomic mass is 10.0. The number of rotatable bonds is 13. The van der Waals surface area contributed by atoms with Gasteiger partial charge in [0, 0.05) is 19.5 Å². The van der Waals surface area contributed by atoms with Crippen molar-refractivity contribution in [2.45, 2.75) is 50.3 Å². The molecule has 0 aliphatic heterocycles. The number of aryl methyl sites for hydroxylation is 1. The van der Waals surface area contributed by atoms with Gasteiger partial charge < -0.3 is 10.2 Å². The Balaban J connectivity index is 1.85. The SMILES string of the molecule is CCCNC(=O)C(Cc1ccccc1)N(Cc1ccc(Cl)c(Cl)c1)C(=O)CN(c1cccc(C(F)(F)F)c1)S(=O)(=O)c1ccc(C)cc1. The summed E-state index contributed by atoms with van der Waals surface area (Å²) in [6.07, 6.45) is -4.10. The lowest BCUT2D eigenvalue weighted by Crippen LogP contribution is -2.53. The van der Waals surface area contributed by atoms with E-state index in [-0.39, 0.29) is 33.6 Å². The monoisotopic (exact) mass is 719 g/mol. The molecule has 0 aromatic heterocycles. The Bertz CT molecular complexity index is 1840. The molecule has 1 N–H and O–H groups in total. The molecule has 7 nitrogen and oxygen atoms in total. The molecule has 1 atom stereocenters. The second-order valence-corrected chi connectivity index (χ2v) is 13.8. The largest absolute Gasteiger partial charge is 0.416 e. The van der Waals surface area contributed by atoms with Crippen LogP contribution in [-0.2, 0) is 38.8 Å². The zero-order valence-electron chi connectivity index (χ0n) is 26.2. The number of hydrogen-bond acceptors (Lipinski definition) is 4. The third kappa shape index (κ3) is 9.30. The van der Waals surface area contributed by atoms with Crippen molar-refractivity contribution >= 4 is 50.7 Å². The zero-order valence-corrected chi connectivity index (χ0v) is 28.5. The lowest BCUT2D eigenvalue weighted by molar-refractivity contribution is -0.140. The number of nitrogens with zero attached hydrogens (tertiary/aromatic N) is 2. The standard InChI is InChI=1S/C35H34Cl2F3N3O4S/c1-3-18-41-34(45)32(20-25-8-5-4-6-9-25)42(22-26-14-17-30(36)31(37)19-26)33(44)23-43(28-11-7-10-27(21-28)35(38,39)40)48(46,47)29-15-12-24(2)13-16-29/h4-17,19,21,32H,3,18,20,22-23H2,1-2H3,(H,41,45). The van der Waals surface area contributed by atoms with Crippen LogP contribution in [0.3, 0.4) is 0 Å². The Morgan fingerprint density at radius 2 is 1.54 bits per heavy atom. The number of carbonyl (C=O) groups is 2. The number of amides is 2. The first-order valence-electron chi connectivity index (χ1n) is 15.0. The first-order chi connectivity index (χ1) is 22.7. The summed E-state index contributed by atoms with van der Waals surface area (Å²) in [5.41, 5.74) is 0.507. The summed E-state index contributed by atoms with van der Waals surface area (Å²) in [4.78, 5) is 29.2. The summed E-state index contributed by atoms with van der Waals surface area (Å²) in [7, 11) is -4.59. The van der Waals surface area contributed by atoms with Gasteiger partial charge in [-0.25, -0.2) is 8.42 Å². The van der Waals surface area contributed by atoms with Crippen LogP contribution < -0.4 is 9.62 Å². The summed E-state index contributed by atoms with van der Waals surface area (Å²) in [5.74, 6) is -1.32. The highest BCUT2D eigenvalue weighted by atomic mass is 35.5. The van der Waals surface area contributed by atoms with Crippen LogP contribution in [-0.4, -0.2) is 44.3 Å². The number of alkyl halides is 3. The van der Waals surface area contributed by atoms with E-state index in [9.17, 15) is 31.2 Å². The first kappa shape index (κ1) is 36.8. The van der Waals surface area contributed by atoms with Crippen LogP contribution in [0.5, 0.6) is 0 Å². The van der Waals surface area contributed by atoms with E-state index in [2.05, 4.69) is 5.32 Å². The summed E-state index contributed by atoms with van der Waals surface area (Å²) >= 11 is 12.4. The molecular weight excluding hydrogens is 686 g/mol. The summed E-state index contributed by atoms with van der Waals surface area (Å²) in [5, 5.41) is 3.29. The maximum Gasteiger partial charge on any atom is 0.416 e. The van der Waals surface area contributed by atoms with Gasteiger partial charge in [0.2, 0.25) is 11.8 Å². The van der Waals surface area contributed by atoms with E-state index >= 15 is 0 Å². The molecule has 0 aliphatic carbocycles. The van der Waals surface area contributed by atoms with Gasteiger partial charge in [-0.3, -0.25) is 13.9 Å². The Morgan fingerprint density at radius 1 is 0.854 bits per heavy atom. The molecule has 13 heteroatoms. The van der Waals surface area contributed by atoms with Gasteiger partial charge in [-0.15, -0.1) is 0 Å². The van der Waals surface area contributed by atoms with Crippen molar-refractivity contribution in [3.63, 3.8) is 0 Å². The minimum atomic E-state index is -4.78. The molecule has 48 heavy (non-hydrogen) atoms. The second-order valence-electron chi connectivity index (χ2n) is 11.1. The highest BCUT2D eigenvalue weighted by molar-refractivity contribution is 7.92. The Labute approximate surface area is 288 Å². The second kappa shape index (κ2) is 15.9. The van der Waals surface area contributed by atoms with Crippen molar-refractivity contribution in [2.24, 2.45) is 0 Å². The van der Waals surface area contributed by atoms with Gasteiger partial charge in [0.1, 0.15) is 12.6 Å². The molecule has 4 aromatic rings. The quantitative estimate of drug-likeness (QED) is 0.154. The predicted octanol–water partition coefficient (Wildman–Crippen LogP) is 7.68. The van der Waals surface area contributed by atoms with E-state index in [1.165, 1.54) is 35.2 Å². The summed E-state index contributed by atoms with van der Waals surface area (Å²) in [6, 6.07) is 22.0. The first-order valence-corrected chi connectivity index (χ1v) is 17.2. The van der Waals surface area contributed by atoms with Crippen molar-refractivity contribution in [3.8, 4) is 0 Å². The molecule has 0 radical (unpaired) electrons. The number of carbonyl (C=O) groups excluding carboxylic acids is 2. The topological polar surface area (TPSA) is 86.8 Å².